The minimum atomic E-state index is -0.305. The highest BCUT2D eigenvalue weighted by atomic mass is 32.2. The van der Waals surface area contributed by atoms with E-state index in [1.165, 1.54) is 4.90 Å². The third-order valence-corrected chi connectivity index (χ3v) is 5.83. The number of imide groups is 1. The highest BCUT2D eigenvalue weighted by Gasteiger charge is 2.34. The average molecular weight is 429 g/mol. The Labute approximate surface area is 184 Å². The van der Waals surface area contributed by atoms with E-state index in [0.29, 0.717) is 10.5 Å². The normalized spacial score (nSPS) is 14.9. The summed E-state index contributed by atoms with van der Waals surface area (Å²) in [7, 11) is 0. The van der Waals surface area contributed by atoms with E-state index < -0.39 is 0 Å². The second-order valence-electron chi connectivity index (χ2n) is 7.14. The van der Waals surface area contributed by atoms with Gasteiger partial charge in [-0.15, -0.1) is 0 Å². The first-order valence-corrected chi connectivity index (χ1v) is 10.6. The number of benzene rings is 3. The molecular weight excluding hydrogens is 408 g/mol. The van der Waals surface area contributed by atoms with Crippen molar-refractivity contribution in [3.8, 4) is 0 Å². The maximum absolute atomic E-state index is 12.7. The van der Waals surface area contributed by atoms with Gasteiger partial charge in [0.2, 0.25) is 0 Å². The molecule has 1 saturated heterocycles. The summed E-state index contributed by atoms with van der Waals surface area (Å²) < 4.78 is 0. The van der Waals surface area contributed by atoms with E-state index in [1.54, 1.807) is 30.3 Å². The number of aryl methyl sites for hydroxylation is 1. The molecule has 0 saturated carbocycles. The maximum Gasteiger partial charge on any atom is 0.293 e. The van der Waals surface area contributed by atoms with Gasteiger partial charge in [0.1, 0.15) is 0 Å². The summed E-state index contributed by atoms with van der Waals surface area (Å²) in [5.74, 6) is -0.516. The van der Waals surface area contributed by atoms with Crippen LogP contribution in [0.15, 0.2) is 83.8 Å². The molecule has 0 unspecified atom stereocenters. The van der Waals surface area contributed by atoms with Gasteiger partial charge < -0.3 is 5.32 Å². The van der Waals surface area contributed by atoms with Crippen molar-refractivity contribution < 1.29 is 14.4 Å². The van der Waals surface area contributed by atoms with Gasteiger partial charge in [0, 0.05) is 11.3 Å². The molecule has 5 nitrogen and oxygen atoms in total. The maximum atomic E-state index is 12.7. The van der Waals surface area contributed by atoms with Crippen molar-refractivity contribution in [3.63, 3.8) is 0 Å². The molecule has 0 aromatic heterocycles. The Morgan fingerprint density at radius 3 is 2.32 bits per heavy atom. The number of para-hydroxylation sites is 1. The van der Waals surface area contributed by atoms with Crippen molar-refractivity contribution in [2.24, 2.45) is 0 Å². The molecule has 0 radical (unpaired) electrons. The summed E-state index contributed by atoms with van der Waals surface area (Å²) in [6, 6.07) is 23.9. The van der Waals surface area contributed by atoms with Crippen molar-refractivity contribution in [1.82, 2.24) is 4.90 Å². The molecule has 154 valence electrons. The van der Waals surface area contributed by atoms with Crippen LogP contribution in [0.1, 0.15) is 27.0 Å². The third-order valence-electron chi connectivity index (χ3n) is 4.92. The molecule has 0 atom stereocenters. The van der Waals surface area contributed by atoms with Gasteiger partial charge in [0.25, 0.3) is 17.1 Å². The van der Waals surface area contributed by atoms with Gasteiger partial charge >= 0.3 is 0 Å². The molecular formula is C25H20N2O3S. The fourth-order valence-corrected chi connectivity index (χ4v) is 4.03. The van der Waals surface area contributed by atoms with Crippen LogP contribution >= 0.6 is 11.8 Å². The van der Waals surface area contributed by atoms with E-state index >= 15 is 0 Å². The van der Waals surface area contributed by atoms with E-state index in [-0.39, 0.29) is 23.6 Å². The highest BCUT2D eigenvalue weighted by molar-refractivity contribution is 8.18. The molecule has 1 heterocycles. The summed E-state index contributed by atoms with van der Waals surface area (Å²) in [5.41, 5.74) is 3.90. The molecule has 0 aliphatic carbocycles. The summed E-state index contributed by atoms with van der Waals surface area (Å²) >= 11 is 0.941. The van der Waals surface area contributed by atoms with E-state index in [1.807, 2.05) is 61.5 Å². The van der Waals surface area contributed by atoms with Gasteiger partial charge in [0.15, 0.2) is 0 Å². The Hall–Kier alpha value is -3.64. The second kappa shape index (κ2) is 9.02. The van der Waals surface area contributed by atoms with Gasteiger partial charge in [-0.1, -0.05) is 60.7 Å². The molecule has 3 amide bonds. The molecule has 1 N–H and O–H groups in total. The lowest BCUT2D eigenvalue weighted by Gasteiger charge is -2.13. The molecule has 1 aliphatic rings. The van der Waals surface area contributed by atoms with Crippen LogP contribution in [0.25, 0.3) is 6.08 Å². The topological polar surface area (TPSA) is 66.5 Å². The molecule has 3 aromatic carbocycles. The molecule has 0 bridgehead atoms. The number of carbonyl (C=O) groups is 3. The Morgan fingerprint density at radius 1 is 0.935 bits per heavy atom. The quantitative estimate of drug-likeness (QED) is 0.546. The number of anilines is 1. The average Bonchev–Trinajstić information content (AvgIpc) is 3.04. The number of hydrogen-bond donors (Lipinski definition) is 1. The number of thioether (sulfide) groups is 1. The number of amides is 3. The standard InChI is InChI=1S/C25H20N2O3S/c1-17-7-5-6-10-21(17)26-23(28)20-13-11-19(12-14-20)16-27-24(29)22(31-25(27)30)15-18-8-3-2-4-9-18/h2-15H,16H2,1H3,(H,26,28)/b22-15-. The predicted octanol–water partition coefficient (Wildman–Crippen LogP) is 5.48. The van der Waals surface area contributed by atoms with Crippen LogP contribution in [-0.2, 0) is 11.3 Å². The molecule has 4 rings (SSSR count). The lowest BCUT2D eigenvalue weighted by Crippen LogP contribution is -2.27. The number of nitrogens with zero attached hydrogens (tertiary/aromatic N) is 1. The van der Waals surface area contributed by atoms with Crippen LogP contribution in [0.2, 0.25) is 0 Å². The SMILES string of the molecule is Cc1ccccc1NC(=O)c1ccc(CN2C(=O)S/C(=C\c3ccccc3)C2=O)cc1. The van der Waals surface area contributed by atoms with Crippen LogP contribution in [0.5, 0.6) is 0 Å². The van der Waals surface area contributed by atoms with Crippen molar-refractivity contribution in [2.45, 2.75) is 13.5 Å². The molecule has 3 aromatic rings. The third kappa shape index (κ3) is 4.75. The second-order valence-corrected chi connectivity index (χ2v) is 8.14. The monoisotopic (exact) mass is 428 g/mol. The number of rotatable bonds is 5. The number of hydrogen-bond acceptors (Lipinski definition) is 4. The van der Waals surface area contributed by atoms with Crippen LogP contribution in [0.4, 0.5) is 10.5 Å². The smallest absolute Gasteiger partial charge is 0.293 e. The largest absolute Gasteiger partial charge is 0.322 e. The summed E-state index contributed by atoms with van der Waals surface area (Å²) in [4.78, 5) is 39.2. The molecule has 31 heavy (non-hydrogen) atoms. The molecule has 1 aliphatic heterocycles. The first kappa shape index (κ1) is 20.6. The summed E-state index contributed by atoms with van der Waals surface area (Å²) in [6.07, 6.45) is 1.73. The fraction of sp³-hybridized carbons (Fsp3) is 0.0800. The van der Waals surface area contributed by atoms with E-state index in [9.17, 15) is 14.4 Å². The summed E-state index contributed by atoms with van der Waals surface area (Å²) in [5, 5.41) is 2.60. The minimum absolute atomic E-state index is 0.163. The lowest BCUT2D eigenvalue weighted by molar-refractivity contribution is -0.123. The van der Waals surface area contributed by atoms with Gasteiger partial charge in [0.05, 0.1) is 11.4 Å². The first-order chi connectivity index (χ1) is 15.0. The van der Waals surface area contributed by atoms with Gasteiger partial charge in [-0.3, -0.25) is 19.3 Å². The zero-order valence-corrected chi connectivity index (χ0v) is 17.7. The predicted molar refractivity (Wildman–Crippen MR) is 124 cm³/mol. The minimum Gasteiger partial charge on any atom is -0.322 e. The van der Waals surface area contributed by atoms with Crippen LogP contribution in [0.3, 0.4) is 0 Å². The van der Waals surface area contributed by atoms with E-state index in [0.717, 1.165) is 34.1 Å². The van der Waals surface area contributed by atoms with E-state index in [4.69, 9.17) is 0 Å². The zero-order valence-electron chi connectivity index (χ0n) is 16.9. The number of nitrogens with one attached hydrogen (secondary N) is 1. The zero-order chi connectivity index (χ0) is 21.8. The van der Waals surface area contributed by atoms with Gasteiger partial charge in [-0.25, -0.2) is 0 Å². The van der Waals surface area contributed by atoms with Crippen molar-refractivity contribution in [3.05, 3.63) is 106 Å². The van der Waals surface area contributed by atoms with Crippen LogP contribution in [0, 0.1) is 6.92 Å². The molecule has 1 fully saturated rings. The molecule has 6 heteroatoms. The van der Waals surface area contributed by atoms with Crippen molar-refractivity contribution in [2.75, 3.05) is 5.32 Å². The Balaban J connectivity index is 1.43. The highest BCUT2D eigenvalue weighted by Crippen LogP contribution is 2.33. The lowest BCUT2D eigenvalue weighted by atomic mass is 10.1. The fourth-order valence-electron chi connectivity index (χ4n) is 3.19. The van der Waals surface area contributed by atoms with Gasteiger partial charge in [-0.05, 0) is 59.7 Å². The first-order valence-electron chi connectivity index (χ1n) is 9.77. The Kier molecular flexibility index (Phi) is 6.00. The summed E-state index contributed by atoms with van der Waals surface area (Å²) in [6.45, 7) is 2.10. The van der Waals surface area contributed by atoms with E-state index in [2.05, 4.69) is 5.32 Å². The molecule has 0 spiro atoms. The van der Waals surface area contributed by atoms with Gasteiger partial charge in [-0.2, -0.15) is 0 Å². The Bertz CT molecular complexity index is 1170. The van der Waals surface area contributed by atoms with Crippen LogP contribution in [-0.4, -0.2) is 22.0 Å². The van der Waals surface area contributed by atoms with Crippen molar-refractivity contribution in [1.29, 1.82) is 0 Å². The van der Waals surface area contributed by atoms with Crippen LogP contribution < -0.4 is 5.32 Å². The Morgan fingerprint density at radius 2 is 1.61 bits per heavy atom. The van der Waals surface area contributed by atoms with Crippen molar-refractivity contribution >= 4 is 40.6 Å². The number of carbonyl (C=O) groups excluding carboxylic acids is 3.